The second-order valence-corrected chi connectivity index (χ2v) is 6.69. The van der Waals surface area contributed by atoms with Gasteiger partial charge in [0.1, 0.15) is 12.6 Å². The minimum Gasteiger partial charge on any atom is -0.480 e. The largest absolute Gasteiger partial charge is 0.480 e. The second-order valence-electron chi connectivity index (χ2n) is 4.46. The molecule has 1 aliphatic rings. The topological polar surface area (TPSA) is 124 Å². The number of nitrogens with zero attached hydrogens (tertiary/aromatic N) is 4. The number of aliphatic carboxylic acids is 1. The lowest BCUT2D eigenvalue weighted by molar-refractivity contribution is -0.135. The lowest BCUT2D eigenvalue weighted by atomic mass is 10.2. The number of carbonyl (C=O) groups is 1. The van der Waals surface area contributed by atoms with Crippen molar-refractivity contribution in [1.82, 2.24) is 10.2 Å². The van der Waals surface area contributed by atoms with Gasteiger partial charge in [-0.15, -0.1) is 5.10 Å². The molecule has 0 amide bonds. The monoisotopic (exact) mass is 296 g/mol. The van der Waals surface area contributed by atoms with E-state index in [-0.39, 0.29) is 22.9 Å². The number of hydrogen-bond acceptors (Lipinski definition) is 7. The molecule has 9 heteroatoms. The third-order valence-corrected chi connectivity index (χ3v) is 4.80. The summed E-state index contributed by atoms with van der Waals surface area (Å²) in [5, 5.41) is 25.4. The first-order chi connectivity index (χ1) is 9.43. The van der Waals surface area contributed by atoms with Crippen molar-refractivity contribution in [2.24, 2.45) is 0 Å². The maximum absolute atomic E-state index is 11.5. The first kappa shape index (κ1) is 14.2. The molecule has 1 aromatic rings. The molecule has 1 aliphatic heterocycles. The molecule has 0 spiro atoms. The number of rotatable bonds is 4. The van der Waals surface area contributed by atoms with E-state index in [1.54, 1.807) is 0 Å². The molecule has 0 saturated carbocycles. The number of nitriles is 1. The summed E-state index contributed by atoms with van der Waals surface area (Å²) in [6.07, 6.45) is 1.64. The minimum atomic E-state index is -3.17. The molecule has 2 heterocycles. The molecule has 0 radical (unpaired) electrons. The van der Waals surface area contributed by atoms with Gasteiger partial charge in [0, 0.05) is 6.04 Å². The van der Waals surface area contributed by atoms with E-state index in [4.69, 9.17) is 10.4 Å². The van der Waals surface area contributed by atoms with E-state index in [2.05, 4.69) is 10.2 Å². The van der Waals surface area contributed by atoms with Crippen LogP contribution in [0.15, 0.2) is 12.3 Å². The van der Waals surface area contributed by atoms with Gasteiger partial charge in [0.15, 0.2) is 15.7 Å². The Morgan fingerprint density at radius 3 is 2.90 bits per heavy atom. The van der Waals surface area contributed by atoms with E-state index < -0.39 is 28.4 Å². The summed E-state index contributed by atoms with van der Waals surface area (Å²) in [4.78, 5) is 12.3. The van der Waals surface area contributed by atoms with Crippen LogP contribution in [0.2, 0.25) is 0 Å². The van der Waals surface area contributed by atoms with Crippen LogP contribution in [0.25, 0.3) is 0 Å². The van der Waals surface area contributed by atoms with Crippen LogP contribution in [0.4, 0.5) is 5.82 Å². The van der Waals surface area contributed by atoms with Crippen LogP contribution in [-0.4, -0.2) is 53.8 Å². The summed E-state index contributed by atoms with van der Waals surface area (Å²) in [6.45, 7) is -0.423. The highest BCUT2D eigenvalue weighted by molar-refractivity contribution is 7.91. The van der Waals surface area contributed by atoms with Gasteiger partial charge in [-0.2, -0.15) is 10.4 Å². The first-order valence-corrected chi connectivity index (χ1v) is 7.66. The van der Waals surface area contributed by atoms with E-state index in [1.807, 2.05) is 6.07 Å². The van der Waals surface area contributed by atoms with Gasteiger partial charge in [-0.3, -0.25) is 4.79 Å². The quantitative estimate of drug-likeness (QED) is 0.783. The Balaban J connectivity index is 2.38. The Hall–Kier alpha value is -2.21. The lowest BCUT2D eigenvalue weighted by Crippen LogP contribution is -2.41. The zero-order valence-corrected chi connectivity index (χ0v) is 11.2. The molecule has 1 N–H and O–H groups in total. The summed E-state index contributed by atoms with van der Waals surface area (Å²) >= 11 is 0. The summed E-state index contributed by atoms with van der Waals surface area (Å²) in [5.41, 5.74) is 0.172. The van der Waals surface area contributed by atoms with Gasteiger partial charge in [-0.1, -0.05) is 0 Å². The lowest BCUT2D eigenvalue weighted by Gasteiger charge is -2.27. The standard InChI is InChI=1S/C11H12N4O4S/c12-5-8-1-3-13-14-11(8)15(6-10(16)17)9-2-4-20(18,19)7-9/h1,3,9H,2,4,6-7H2,(H,16,17). The molecule has 106 valence electrons. The third-order valence-electron chi connectivity index (χ3n) is 3.05. The number of anilines is 1. The SMILES string of the molecule is N#Cc1ccnnc1N(CC(=O)O)C1CCS(=O)(=O)C1. The first-order valence-electron chi connectivity index (χ1n) is 5.83. The Labute approximate surface area is 115 Å². The van der Waals surface area contributed by atoms with Crippen LogP contribution < -0.4 is 4.90 Å². The van der Waals surface area contributed by atoms with Crippen molar-refractivity contribution in [3.8, 4) is 6.07 Å². The third kappa shape index (κ3) is 3.03. The van der Waals surface area contributed by atoms with E-state index >= 15 is 0 Å². The van der Waals surface area contributed by atoms with Crippen LogP contribution in [-0.2, 0) is 14.6 Å². The normalized spacial score (nSPS) is 20.2. The molecule has 0 aliphatic carbocycles. The maximum Gasteiger partial charge on any atom is 0.323 e. The second kappa shape index (κ2) is 5.42. The van der Waals surface area contributed by atoms with Crippen molar-refractivity contribution >= 4 is 21.6 Å². The Bertz CT molecular complexity index is 667. The van der Waals surface area contributed by atoms with Gasteiger partial charge in [0.05, 0.1) is 23.3 Å². The van der Waals surface area contributed by atoms with Crippen molar-refractivity contribution in [3.05, 3.63) is 17.8 Å². The molecule has 20 heavy (non-hydrogen) atoms. The Morgan fingerprint density at radius 1 is 1.60 bits per heavy atom. The molecule has 1 aromatic heterocycles. The van der Waals surface area contributed by atoms with Crippen molar-refractivity contribution in [1.29, 1.82) is 5.26 Å². The van der Waals surface area contributed by atoms with E-state index in [0.29, 0.717) is 6.42 Å². The van der Waals surface area contributed by atoms with Gasteiger partial charge in [0.2, 0.25) is 0 Å². The number of aromatic nitrogens is 2. The summed E-state index contributed by atoms with van der Waals surface area (Å²) in [6, 6.07) is 2.82. The predicted octanol–water partition coefficient (Wildman–Crippen LogP) is -0.574. The summed E-state index contributed by atoms with van der Waals surface area (Å²) in [5.74, 6) is -1.14. The van der Waals surface area contributed by atoms with Crippen LogP contribution in [0.3, 0.4) is 0 Å². The van der Waals surface area contributed by atoms with Gasteiger partial charge in [-0.25, -0.2) is 8.42 Å². The van der Waals surface area contributed by atoms with Gasteiger partial charge < -0.3 is 10.0 Å². The molecule has 8 nitrogen and oxygen atoms in total. The van der Waals surface area contributed by atoms with Crippen LogP contribution in [0, 0.1) is 11.3 Å². The molecule has 1 saturated heterocycles. The number of carboxylic acids is 1. The van der Waals surface area contributed by atoms with Crippen LogP contribution in [0.1, 0.15) is 12.0 Å². The molecular formula is C11H12N4O4S. The zero-order valence-electron chi connectivity index (χ0n) is 10.4. The molecular weight excluding hydrogens is 284 g/mol. The molecule has 1 unspecified atom stereocenters. The van der Waals surface area contributed by atoms with Gasteiger partial charge >= 0.3 is 5.97 Å². The van der Waals surface area contributed by atoms with Crippen molar-refractivity contribution in [2.45, 2.75) is 12.5 Å². The van der Waals surface area contributed by atoms with E-state index in [1.165, 1.54) is 17.2 Å². The van der Waals surface area contributed by atoms with Crippen LogP contribution >= 0.6 is 0 Å². The zero-order chi connectivity index (χ0) is 14.8. The van der Waals surface area contributed by atoms with Crippen molar-refractivity contribution in [2.75, 3.05) is 23.0 Å². The molecule has 0 aromatic carbocycles. The van der Waals surface area contributed by atoms with E-state index in [9.17, 15) is 13.2 Å². The Morgan fingerprint density at radius 2 is 2.35 bits per heavy atom. The van der Waals surface area contributed by atoms with Crippen molar-refractivity contribution in [3.63, 3.8) is 0 Å². The van der Waals surface area contributed by atoms with Gasteiger partial charge in [0.25, 0.3) is 0 Å². The van der Waals surface area contributed by atoms with Crippen molar-refractivity contribution < 1.29 is 18.3 Å². The smallest absolute Gasteiger partial charge is 0.323 e. The highest BCUT2D eigenvalue weighted by atomic mass is 32.2. The molecule has 1 atom stereocenters. The molecule has 1 fully saturated rings. The number of hydrogen-bond donors (Lipinski definition) is 1. The molecule has 0 bridgehead atoms. The maximum atomic E-state index is 11.5. The summed E-state index contributed by atoms with van der Waals surface area (Å²) < 4.78 is 23.1. The predicted molar refractivity (Wildman–Crippen MR) is 68.8 cm³/mol. The average Bonchev–Trinajstić information content (AvgIpc) is 2.76. The van der Waals surface area contributed by atoms with Crippen LogP contribution in [0.5, 0.6) is 0 Å². The van der Waals surface area contributed by atoms with E-state index in [0.717, 1.165) is 0 Å². The highest BCUT2D eigenvalue weighted by Gasteiger charge is 2.34. The fourth-order valence-electron chi connectivity index (χ4n) is 2.17. The number of carboxylic acid groups (broad SMARTS) is 1. The minimum absolute atomic E-state index is 0.00986. The average molecular weight is 296 g/mol. The Kier molecular flexibility index (Phi) is 3.85. The fraction of sp³-hybridized carbons (Fsp3) is 0.455. The van der Waals surface area contributed by atoms with Gasteiger partial charge in [-0.05, 0) is 12.5 Å². The molecule has 2 rings (SSSR count). The highest BCUT2D eigenvalue weighted by Crippen LogP contribution is 2.24. The summed E-state index contributed by atoms with van der Waals surface area (Å²) in [7, 11) is -3.17. The fourth-order valence-corrected chi connectivity index (χ4v) is 3.90. The number of sulfone groups is 1.